The van der Waals surface area contributed by atoms with E-state index in [1.807, 2.05) is 52.0 Å². The van der Waals surface area contributed by atoms with Gasteiger partial charge in [0.15, 0.2) is 0 Å². The van der Waals surface area contributed by atoms with Crippen LogP contribution in [0.15, 0.2) is 54.7 Å². The number of alkyl carbamates (subject to hydrolysis) is 1. The Morgan fingerprint density at radius 2 is 1.79 bits per heavy atom. The lowest BCUT2D eigenvalue weighted by molar-refractivity contribution is -0.129. The minimum Gasteiger partial charge on any atom is -0.444 e. The Bertz CT molecular complexity index is 1710. The van der Waals surface area contributed by atoms with Gasteiger partial charge in [0.05, 0.1) is 5.69 Å². The van der Waals surface area contributed by atoms with Crippen LogP contribution in [0.25, 0.3) is 22.5 Å². The predicted octanol–water partition coefficient (Wildman–Crippen LogP) is 5.30. The minimum atomic E-state index is -0.597. The van der Waals surface area contributed by atoms with Gasteiger partial charge in [-0.05, 0) is 106 Å². The Labute approximate surface area is 279 Å². The van der Waals surface area contributed by atoms with Crippen molar-refractivity contribution in [3.05, 3.63) is 66.0 Å². The summed E-state index contributed by atoms with van der Waals surface area (Å²) in [5.41, 5.74) is 9.99. The first kappa shape index (κ1) is 34.1. The fourth-order valence-electron chi connectivity index (χ4n) is 6.05. The van der Waals surface area contributed by atoms with Gasteiger partial charge in [0, 0.05) is 47.8 Å². The molecule has 1 fully saturated rings. The molecule has 0 spiro atoms. The fourth-order valence-corrected chi connectivity index (χ4v) is 6.05. The van der Waals surface area contributed by atoms with E-state index in [4.69, 9.17) is 10.5 Å². The van der Waals surface area contributed by atoms with Gasteiger partial charge in [0.25, 0.3) is 0 Å². The first-order valence-electron chi connectivity index (χ1n) is 16.3. The van der Waals surface area contributed by atoms with Crippen molar-refractivity contribution in [2.45, 2.75) is 71.8 Å². The van der Waals surface area contributed by atoms with Crippen LogP contribution in [0.1, 0.15) is 64.1 Å². The maximum Gasteiger partial charge on any atom is 0.407 e. The molecule has 1 atom stereocenters. The Kier molecular flexibility index (Phi) is 10.8. The number of carbonyl (C=O) groups excluding carboxylic acids is 3. The molecule has 1 aliphatic rings. The molecule has 252 valence electrons. The number of hydrogen-bond donors (Lipinski definition) is 4. The van der Waals surface area contributed by atoms with Crippen molar-refractivity contribution in [1.82, 2.24) is 35.9 Å². The highest BCUT2D eigenvalue weighted by Crippen LogP contribution is 2.32. The van der Waals surface area contributed by atoms with Crippen molar-refractivity contribution >= 4 is 29.4 Å². The van der Waals surface area contributed by atoms with Gasteiger partial charge in [0.2, 0.25) is 17.7 Å². The molecule has 2 aromatic carbocycles. The number of anilines is 2. The number of nitrogens with two attached hydrogens (primary N) is 1. The second-order valence-electron chi connectivity index (χ2n) is 13.4. The standard InChI is InChI=1S/C35H43N9O4/c1-21-29(20-37-33(36)39-21)26-7-5-6-23(16-26)17-27(32(46)40-28-14-12-25(13-15-28)31-41-43-44-42-31)18-30(45)24-10-8-22(9-11-24)19-38-34(47)48-35(2,3)4/h5-7,12-16,20,22,24,27H,8-11,17-19H2,1-4H3,(H,38,47)(H,40,46)(H2,36,37,39)(H,41,42,43,44)/t22?,24?,27-/m1/s1. The van der Waals surface area contributed by atoms with E-state index < -0.39 is 17.6 Å². The van der Waals surface area contributed by atoms with Crippen LogP contribution >= 0.6 is 0 Å². The Morgan fingerprint density at radius 3 is 2.46 bits per heavy atom. The summed E-state index contributed by atoms with van der Waals surface area (Å²) in [6.07, 6.45) is 4.84. The number of nitrogen functional groups attached to an aromatic ring is 1. The molecule has 4 aromatic rings. The van der Waals surface area contributed by atoms with Crippen molar-refractivity contribution < 1.29 is 19.1 Å². The number of hydrogen-bond acceptors (Lipinski definition) is 10. The maximum atomic E-state index is 13.8. The van der Waals surface area contributed by atoms with Crippen molar-refractivity contribution in [3.8, 4) is 22.5 Å². The number of amides is 2. The minimum absolute atomic E-state index is 0.0834. The summed E-state index contributed by atoms with van der Waals surface area (Å²) in [6, 6.07) is 15.0. The van der Waals surface area contributed by atoms with Gasteiger partial charge in [-0.15, -0.1) is 10.2 Å². The fraction of sp³-hybridized carbons (Fsp3) is 0.429. The molecule has 1 aliphatic carbocycles. The molecule has 0 radical (unpaired) electrons. The SMILES string of the molecule is Cc1nc(N)ncc1-c1cccc(C[C@H](CC(=O)C2CCC(CNC(=O)OC(C)(C)C)CC2)C(=O)Nc2ccc(-c3nn[nH]n3)cc2)c1. The number of aromatic nitrogens is 6. The molecule has 5 N–H and O–H groups in total. The number of ketones is 1. The van der Waals surface area contributed by atoms with E-state index in [-0.39, 0.29) is 35.9 Å². The smallest absolute Gasteiger partial charge is 0.407 e. The molecule has 0 bridgehead atoms. The van der Waals surface area contributed by atoms with Gasteiger partial charge in [0.1, 0.15) is 11.4 Å². The summed E-state index contributed by atoms with van der Waals surface area (Å²) in [6.45, 7) is 7.88. The summed E-state index contributed by atoms with van der Waals surface area (Å²) in [5.74, 6) is 0.0609. The molecular formula is C35H43N9O4. The summed E-state index contributed by atoms with van der Waals surface area (Å²) >= 11 is 0. The van der Waals surface area contributed by atoms with Crippen LogP contribution in [0, 0.1) is 24.7 Å². The number of ether oxygens (including phenoxy) is 1. The molecule has 2 heterocycles. The number of H-pyrrole nitrogens is 1. The quantitative estimate of drug-likeness (QED) is 0.165. The van der Waals surface area contributed by atoms with Crippen molar-refractivity contribution in [2.24, 2.45) is 17.8 Å². The van der Waals surface area contributed by atoms with Gasteiger partial charge < -0.3 is 21.1 Å². The lowest BCUT2D eigenvalue weighted by Gasteiger charge is -2.29. The van der Waals surface area contributed by atoms with E-state index in [0.717, 1.165) is 53.6 Å². The number of Topliss-reactive ketones (excluding diaryl/α,β-unsaturated/α-hetero) is 1. The van der Waals surface area contributed by atoms with E-state index in [1.54, 1.807) is 30.5 Å². The van der Waals surface area contributed by atoms with Crippen LogP contribution < -0.4 is 16.4 Å². The monoisotopic (exact) mass is 653 g/mol. The first-order chi connectivity index (χ1) is 22.9. The van der Waals surface area contributed by atoms with Crippen LogP contribution in [-0.4, -0.2) is 60.5 Å². The first-order valence-corrected chi connectivity index (χ1v) is 16.3. The van der Waals surface area contributed by atoms with E-state index >= 15 is 0 Å². The molecule has 0 saturated heterocycles. The van der Waals surface area contributed by atoms with Crippen LogP contribution in [0.2, 0.25) is 0 Å². The highest BCUT2D eigenvalue weighted by atomic mass is 16.6. The van der Waals surface area contributed by atoms with Crippen LogP contribution in [0.3, 0.4) is 0 Å². The van der Waals surface area contributed by atoms with E-state index in [0.29, 0.717) is 24.5 Å². The Hall–Kier alpha value is -5.20. The van der Waals surface area contributed by atoms with Crippen LogP contribution in [-0.2, 0) is 20.7 Å². The molecule has 48 heavy (non-hydrogen) atoms. The maximum absolute atomic E-state index is 13.8. The zero-order valence-corrected chi connectivity index (χ0v) is 27.8. The molecule has 0 unspecified atom stereocenters. The predicted molar refractivity (Wildman–Crippen MR) is 181 cm³/mol. The molecular weight excluding hydrogens is 610 g/mol. The molecule has 0 aliphatic heterocycles. The number of aryl methyl sites for hydroxylation is 1. The van der Waals surface area contributed by atoms with E-state index in [2.05, 4.69) is 41.2 Å². The third-order valence-electron chi connectivity index (χ3n) is 8.53. The number of benzene rings is 2. The van der Waals surface area contributed by atoms with Crippen LogP contribution in [0.4, 0.5) is 16.4 Å². The number of rotatable bonds is 11. The van der Waals surface area contributed by atoms with Crippen LogP contribution in [0.5, 0.6) is 0 Å². The number of aromatic amines is 1. The molecule has 5 rings (SSSR count). The van der Waals surface area contributed by atoms with Gasteiger partial charge in [-0.1, -0.05) is 24.3 Å². The molecule has 2 aromatic heterocycles. The lowest BCUT2D eigenvalue weighted by Crippen LogP contribution is -2.37. The number of nitrogens with zero attached hydrogens (tertiary/aromatic N) is 5. The van der Waals surface area contributed by atoms with Gasteiger partial charge in [-0.2, -0.15) is 5.21 Å². The molecule has 1 saturated carbocycles. The third kappa shape index (κ3) is 9.43. The second kappa shape index (κ2) is 15.1. The average Bonchev–Trinajstić information content (AvgIpc) is 3.59. The zero-order chi connectivity index (χ0) is 34.3. The normalized spacial score (nSPS) is 16.9. The largest absolute Gasteiger partial charge is 0.444 e. The topological polar surface area (TPSA) is 191 Å². The number of nitrogens with one attached hydrogen (secondary N) is 3. The molecule has 13 nitrogen and oxygen atoms in total. The highest BCUT2D eigenvalue weighted by Gasteiger charge is 2.31. The Balaban J connectivity index is 1.26. The van der Waals surface area contributed by atoms with Crippen molar-refractivity contribution in [1.29, 1.82) is 0 Å². The number of carbonyl (C=O) groups is 3. The zero-order valence-electron chi connectivity index (χ0n) is 27.8. The van der Waals surface area contributed by atoms with Gasteiger partial charge in [-0.25, -0.2) is 14.8 Å². The summed E-state index contributed by atoms with van der Waals surface area (Å²) < 4.78 is 5.35. The van der Waals surface area contributed by atoms with Gasteiger partial charge >= 0.3 is 6.09 Å². The van der Waals surface area contributed by atoms with E-state index in [9.17, 15) is 14.4 Å². The molecule has 13 heteroatoms. The average molecular weight is 654 g/mol. The van der Waals surface area contributed by atoms with Crippen molar-refractivity contribution in [3.63, 3.8) is 0 Å². The summed E-state index contributed by atoms with van der Waals surface area (Å²) in [5, 5.41) is 19.9. The summed E-state index contributed by atoms with van der Waals surface area (Å²) in [4.78, 5) is 48.0. The Morgan fingerprint density at radius 1 is 1.04 bits per heavy atom. The third-order valence-corrected chi connectivity index (χ3v) is 8.53. The highest BCUT2D eigenvalue weighted by molar-refractivity contribution is 5.96. The molecule has 2 amide bonds. The number of tetrazole rings is 1. The second-order valence-corrected chi connectivity index (χ2v) is 13.4. The lowest BCUT2D eigenvalue weighted by atomic mass is 9.77. The van der Waals surface area contributed by atoms with E-state index in [1.165, 1.54) is 0 Å². The summed E-state index contributed by atoms with van der Waals surface area (Å²) in [7, 11) is 0. The van der Waals surface area contributed by atoms with Gasteiger partial charge in [-0.3, -0.25) is 9.59 Å². The van der Waals surface area contributed by atoms with Crippen molar-refractivity contribution in [2.75, 3.05) is 17.6 Å².